The second-order valence-corrected chi connectivity index (χ2v) is 5.09. The normalized spacial score (nSPS) is 13.9. The summed E-state index contributed by atoms with van der Waals surface area (Å²) in [5.74, 6) is 0.919. The molecule has 0 spiro atoms. The molecular formula is C11H17ClN4. The summed E-state index contributed by atoms with van der Waals surface area (Å²) in [6.45, 7) is 8.19. The first kappa shape index (κ1) is 11.5. The van der Waals surface area contributed by atoms with E-state index in [2.05, 4.69) is 28.5 Å². The molecule has 0 amide bonds. The van der Waals surface area contributed by atoms with Crippen LogP contribution in [-0.4, -0.2) is 19.3 Å². The third-order valence-electron chi connectivity index (χ3n) is 2.73. The molecule has 2 aromatic heterocycles. The summed E-state index contributed by atoms with van der Waals surface area (Å²) in [5.41, 5.74) is 2.96. The molecule has 0 bridgehead atoms. The summed E-state index contributed by atoms with van der Waals surface area (Å²) < 4.78 is 4.04. The Bertz CT molecular complexity index is 522. The first-order valence-electron chi connectivity index (χ1n) is 5.49. The van der Waals surface area contributed by atoms with Crippen LogP contribution < -0.4 is 0 Å². The summed E-state index contributed by atoms with van der Waals surface area (Å²) in [6, 6.07) is 0.330. The Morgan fingerprint density at radius 3 is 2.38 bits per heavy atom. The third kappa shape index (κ3) is 1.52. The van der Waals surface area contributed by atoms with Gasteiger partial charge in [0.05, 0.1) is 11.1 Å². The van der Waals surface area contributed by atoms with Crippen LogP contribution >= 0.6 is 11.6 Å². The molecule has 2 rings (SSSR count). The van der Waals surface area contributed by atoms with Gasteiger partial charge in [-0.15, -0.1) is 11.6 Å². The number of aromatic nitrogens is 4. The number of rotatable bonds is 2. The van der Waals surface area contributed by atoms with Crippen LogP contribution in [0.4, 0.5) is 0 Å². The summed E-state index contributed by atoms with van der Waals surface area (Å²) >= 11 is 6.17. The van der Waals surface area contributed by atoms with Crippen molar-refractivity contribution in [2.45, 2.75) is 39.1 Å². The minimum absolute atomic E-state index is 0.0887. The predicted octanol–water partition coefficient (Wildman–Crippen LogP) is 2.96. The molecule has 2 aromatic rings. The number of alkyl halides is 1. The standard InChI is InChI=1S/C11H17ClN4/c1-6(2)16-10(7(3)12)13-9-8(4)14-15(5)11(9)16/h6-7H,1-5H3. The maximum Gasteiger partial charge on any atom is 0.158 e. The Kier molecular flexibility index (Phi) is 2.70. The number of imidazole rings is 1. The quantitative estimate of drug-likeness (QED) is 0.757. The van der Waals surface area contributed by atoms with Gasteiger partial charge in [0, 0.05) is 13.1 Å². The van der Waals surface area contributed by atoms with Crippen molar-refractivity contribution in [3.63, 3.8) is 0 Å². The first-order chi connectivity index (χ1) is 7.43. The number of hydrogen-bond acceptors (Lipinski definition) is 2. The van der Waals surface area contributed by atoms with Crippen LogP contribution in [0.15, 0.2) is 0 Å². The Balaban J connectivity index is 2.83. The molecule has 16 heavy (non-hydrogen) atoms. The molecule has 1 atom stereocenters. The van der Waals surface area contributed by atoms with E-state index in [0.29, 0.717) is 6.04 Å². The fourth-order valence-electron chi connectivity index (χ4n) is 2.10. The van der Waals surface area contributed by atoms with Crippen LogP contribution in [0.2, 0.25) is 0 Å². The Labute approximate surface area is 100 Å². The summed E-state index contributed by atoms with van der Waals surface area (Å²) in [7, 11) is 1.94. The highest BCUT2D eigenvalue weighted by atomic mass is 35.5. The van der Waals surface area contributed by atoms with Crippen molar-refractivity contribution < 1.29 is 0 Å². The molecule has 2 heterocycles. The second kappa shape index (κ2) is 3.77. The van der Waals surface area contributed by atoms with E-state index in [1.807, 2.05) is 25.6 Å². The highest BCUT2D eigenvalue weighted by Gasteiger charge is 2.21. The highest BCUT2D eigenvalue weighted by molar-refractivity contribution is 6.20. The van der Waals surface area contributed by atoms with Gasteiger partial charge in [-0.3, -0.25) is 4.68 Å². The van der Waals surface area contributed by atoms with Gasteiger partial charge in [0.1, 0.15) is 11.3 Å². The maximum absolute atomic E-state index is 6.17. The minimum Gasteiger partial charge on any atom is -0.309 e. The van der Waals surface area contributed by atoms with E-state index in [-0.39, 0.29) is 5.38 Å². The molecule has 1 unspecified atom stereocenters. The van der Waals surface area contributed by atoms with Gasteiger partial charge in [0.25, 0.3) is 0 Å². The molecule has 0 saturated carbocycles. The molecule has 5 heteroatoms. The summed E-state index contributed by atoms with van der Waals surface area (Å²) in [5, 5.41) is 4.30. The van der Waals surface area contributed by atoms with E-state index >= 15 is 0 Å². The SMILES string of the molecule is Cc1nn(C)c2c1nc(C(C)Cl)n2C(C)C. The van der Waals surface area contributed by atoms with Gasteiger partial charge in [-0.25, -0.2) is 4.98 Å². The predicted molar refractivity (Wildman–Crippen MR) is 65.9 cm³/mol. The molecule has 0 aliphatic heterocycles. The lowest BCUT2D eigenvalue weighted by atomic mass is 10.3. The molecule has 0 saturated heterocycles. The van der Waals surface area contributed by atoms with Gasteiger partial charge < -0.3 is 4.57 Å². The Morgan fingerprint density at radius 2 is 1.88 bits per heavy atom. The first-order valence-corrected chi connectivity index (χ1v) is 5.92. The van der Waals surface area contributed by atoms with Gasteiger partial charge >= 0.3 is 0 Å². The summed E-state index contributed by atoms with van der Waals surface area (Å²) in [4.78, 5) is 4.60. The topological polar surface area (TPSA) is 35.6 Å². The molecule has 0 fully saturated rings. The fraction of sp³-hybridized carbons (Fsp3) is 0.636. The molecule has 0 N–H and O–H groups in total. The van der Waals surface area contributed by atoms with E-state index in [9.17, 15) is 0 Å². The number of aryl methyl sites for hydroxylation is 2. The fourth-order valence-corrected chi connectivity index (χ4v) is 2.26. The van der Waals surface area contributed by atoms with Crippen LogP contribution in [0.25, 0.3) is 11.2 Å². The molecule has 0 aromatic carbocycles. The van der Waals surface area contributed by atoms with E-state index in [1.165, 1.54) is 0 Å². The smallest absolute Gasteiger partial charge is 0.158 e. The number of halogens is 1. The van der Waals surface area contributed by atoms with Gasteiger partial charge in [-0.1, -0.05) is 0 Å². The lowest BCUT2D eigenvalue weighted by molar-refractivity contribution is 0.565. The average molecular weight is 241 g/mol. The number of hydrogen-bond donors (Lipinski definition) is 0. The zero-order chi connectivity index (χ0) is 12.0. The van der Waals surface area contributed by atoms with Crippen molar-refractivity contribution in [1.82, 2.24) is 19.3 Å². The number of nitrogens with zero attached hydrogens (tertiary/aromatic N) is 4. The van der Waals surface area contributed by atoms with E-state index in [1.54, 1.807) is 0 Å². The zero-order valence-corrected chi connectivity index (χ0v) is 11.1. The molecule has 0 aliphatic carbocycles. The molecular weight excluding hydrogens is 224 g/mol. The van der Waals surface area contributed by atoms with Crippen molar-refractivity contribution >= 4 is 22.8 Å². The lowest BCUT2D eigenvalue weighted by Gasteiger charge is -2.14. The molecule has 0 radical (unpaired) electrons. The zero-order valence-electron chi connectivity index (χ0n) is 10.3. The van der Waals surface area contributed by atoms with Crippen LogP contribution in [0.5, 0.6) is 0 Å². The van der Waals surface area contributed by atoms with E-state index in [0.717, 1.165) is 22.7 Å². The Morgan fingerprint density at radius 1 is 1.25 bits per heavy atom. The average Bonchev–Trinajstić information content (AvgIpc) is 2.66. The lowest BCUT2D eigenvalue weighted by Crippen LogP contribution is -2.09. The largest absolute Gasteiger partial charge is 0.309 e. The maximum atomic E-state index is 6.17. The third-order valence-corrected chi connectivity index (χ3v) is 2.93. The van der Waals surface area contributed by atoms with Crippen LogP contribution in [-0.2, 0) is 7.05 Å². The summed E-state index contributed by atoms with van der Waals surface area (Å²) in [6.07, 6.45) is 0. The van der Waals surface area contributed by atoms with E-state index < -0.39 is 0 Å². The van der Waals surface area contributed by atoms with Crippen molar-refractivity contribution in [1.29, 1.82) is 0 Å². The van der Waals surface area contributed by atoms with Crippen LogP contribution in [0.3, 0.4) is 0 Å². The molecule has 88 valence electrons. The van der Waals surface area contributed by atoms with Crippen molar-refractivity contribution in [3.8, 4) is 0 Å². The van der Waals surface area contributed by atoms with Crippen molar-refractivity contribution in [2.24, 2.45) is 7.05 Å². The second-order valence-electron chi connectivity index (χ2n) is 4.43. The number of fused-ring (bicyclic) bond motifs is 1. The van der Waals surface area contributed by atoms with Gasteiger partial charge in [0.2, 0.25) is 0 Å². The van der Waals surface area contributed by atoms with Crippen LogP contribution in [0.1, 0.15) is 43.7 Å². The molecule has 0 aliphatic rings. The van der Waals surface area contributed by atoms with Crippen molar-refractivity contribution in [3.05, 3.63) is 11.5 Å². The highest BCUT2D eigenvalue weighted by Crippen LogP contribution is 2.28. The van der Waals surface area contributed by atoms with Crippen LogP contribution in [0, 0.1) is 6.92 Å². The monoisotopic (exact) mass is 240 g/mol. The van der Waals surface area contributed by atoms with Crippen molar-refractivity contribution in [2.75, 3.05) is 0 Å². The van der Waals surface area contributed by atoms with Gasteiger partial charge in [0.15, 0.2) is 5.65 Å². The van der Waals surface area contributed by atoms with E-state index in [4.69, 9.17) is 11.6 Å². The van der Waals surface area contributed by atoms with Gasteiger partial charge in [-0.2, -0.15) is 5.10 Å². The van der Waals surface area contributed by atoms with Gasteiger partial charge in [-0.05, 0) is 27.7 Å². The molecule has 4 nitrogen and oxygen atoms in total. The minimum atomic E-state index is -0.0887. The Hall–Kier alpha value is -1.03.